The first-order chi connectivity index (χ1) is 8.42. The van der Waals surface area contributed by atoms with Crippen LogP contribution in [0.25, 0.3) is 0 Å². The van der Waals surface area contributed by atoms with E-state index in [-0.39, 0.29) is 11.7 Å². The monoisotopic (exact) mass is 317 g/mol. The van der Waals surface area contributed by atoms with Gasteiger partial charge < -0.3 is 20.7 Å². The quantitative estimate of drug-likeness (QED) is 0.780. The summed E-state index contributed by atoms with van der Waals surface area (Å²) in [7, 11) is 1.47. The number of nitrogens with two attached hydrogens (primary N) is 1. The molecule has 4 N–H and O–H groups in total. The third kappa shape index (κ3) is 3.16. The summed E-state index contributed by atoms with van der Waals surface area (Å²) in [6.45, 7) is 3.92. The van der Waals surface area contributed by atoms with E-state index in [4.69, 9.17) is 10.5 Å². The number of benzene rings is 1. The zero-order chi connectivity index (χ0) is 13.9. The van der Waals surface area contributed by atoms with E-state index >= 15 is 0 Å². The van der Waals surface area contributed by atoms with E-state index in [1.807, 2.05) is 13.8 Å². The van der Waals surface area contributed by atoms with E-state index in [1.54, 1.807) is 12.1 Å². The Morgan fingerprint density at radius 3 is 2.56 bits per heavy atom. The van der Waals surface area contributed by atoms with Gasteiger partial charge in [0.1, 0.15) is 0 Å². The number of phenolic OH excluding ortho intramolecular Hbond substituents is 1. The van der Waals surface area contributed by atoms with Gasteiger partial charge in [-0.05, 0) is 18.1 Å². The van der Waals surface area contributed by atoms with Crippen molar-refractivity contribution in [2.75, 3.05) is 7.11 Å². The van der Waals surface area contributed by atoms with Gasteiger partial charge in [-0.3, -0.25) is 0 Å². The topological polar surface area (TPSA) is 75.7 Å². The Bertz CT molecular complexity index is 411. The highest BCUT2D eigenvalue weighted by atomic mass is 79.9. The van der Waals surface area contributed by atoms with Crippen LogP contribution in [0, 0.1) is 5.92 Å². The molecule has 0 aliphatic carbocycles. The molecule has 0 spiro atoms. The molecule has 0 saturated heterocycles. The molecule has 102 valence electrons. The zero-order valence-electron chi connectivity index (χ0n) is 10.9. The van der Waals surface area contributed by atoms with E-state index < -0.39 is 12.1 Å². The molecule has 0 amide bonds. The second-order valence-electron chi connectivity index (χ2n) is 4.45. The molecule has 0 aromatic heterocycles. The summed E-state index contributed by atoms with van der Waals surface area (Å²) in [5, 5.41) is 20.2. The normalized spacial score (nSPS) is 16.1. The molecule has 0 saturated carbocycles. The van der Waals surface area contributed by atoms with E-state index in [9.17, 15) is 10.2 Å². The highest BCUT2D eigenvalue weighted by Gasteiger charge is 2.25. The van der Waals surface area contributed by atoms with Crippen molar-refractivity contribution in [2.45, 2.75) is 32.4 Å². The summed E-state index contributed by atoms with van der Waals surface area (Å²) in [5.41, 5.74) is 6.50. The molecule has 0 aliphatic rings. The minimum atomic E-state index is -0.708. The molecule has 0 heterocycles. The largest absolute Gasteiger partial charge is 0.504 e. The molecule has 0 aliphatic heterocycles. The van der Waals surface area contributed by atoms with Gasteiger partial charge in [0.15, 0.2) is 11.5 Å². The Balaban J connectivity index is 3.12. The summed E-state index contributed by atoms with van der Waals surface area (Å²) in [6.07, 6.45) is 0.112. The predicted molar refractivity (Wildman–Crippen MR) is 74.7 cm³/mol. The van der Waals surface area contributed by atoms with Crippen LogP contribution in [0.1, 0.15) is 31.9 Å². The Hall–Kier alpha value is -0.780. The molecule has 1 aromatic carbocycles. The lowest BCUT2D eigenvalue weighted by Gasteiger charge is -2.25. The van der Waals surface area contributed by atoms with Crippen LogP contribution in [0.4, 0.5) is 0 Å². The molecular formula is C13H20BrNO3. The lowest BCUT2D eigenvalue weighted by Crippen LogP contribution is -2.31. The van der Waals surface area contributed by atoms with Gasteiger partial charge in [0, 0.05) is 10.0 Å². The minimum absolute atomic E-state index is 0.0180. The fourth-order valence-corrected chi connectivity index (χ4v) is 2.24. The third-order valence-electron chi connectivity index (χ3n) is 3.24. The first-order valence-electron chi connectivity index (χ1n) is 5.92. The number of aliphatic hydroxyl groups excluding tert-OH is 1. The maximum atomic E-state index is 10.1. The lowest BCUT2D eigenvalue weighted by molar-refractivity contribution is 0.0869. The molecule has 1 rings (SSSR count). The van der Waals surface area contributed by atoms with Crippen LogP contribution >= 0.6 is 15.9 Å². The summed E-state index contributed by atoms with van der Waals surface area (Å²) in [5.74, 6) is 0.381. The fraction of sp³-hybridized carbons (Fsp3) is 0.538. The number of aromatic hydroxyl groups is 1. The van der Waals surface area contributed by atoms with Crippen LogP contribution < -0.4 is 10.5 Å². The van der Waals surface area contributed by atoms with Gasteiger partial charge in [0.2, 0.25) is 0 Å². The minimum Gasteiger partial charge on any atom is -0.504 e. The molecule has 1 unspecified atom stereocenters. The molecule has 18 heavy (non-hydrogen) atoms. The number of phenols is 1. The Morgan fingerprint density at radius 2 is 2.06 bits per heavy atom. The molecule has 0 bridgehead atoms. The van der Waals surface area contributed by atoms with Gasteiger partial charge in [-0.2, -0.15) is 0 Å². The van der Waals surface area contributed by atoms with E-state index in [0.29, 0.717) is 11.3 Å². The van der Waals surface area contributed by atoms with Crippen LogP contribution in [0.5, 0.6) is 11.5 Å². The highest BCUT2D eigenvalue weighted by molar-refractivity contribution is 9.10. The molecule has 0 radical (unpaired) electrons. The SMILES string of the molecule is CCC(C)[C@H](O)[C@H](N)c1cc(Br)cc(OC)c1O. The average molecular weight is 318 g/mol. The van der Waals surface area contributed by atoms with Crippen molar-refractivity contribution in [1.29, 1.82) is 0 Å². The molecule has 4 nitrogen and oxygen atoms in total. The van der Waals surface area contributed by atoms with Gasteiger partial charge in [0.05, 0.1) is 19.3 Å². The summed E-state index contributed by atoms with van der Waals surface area (Å²) in [4.78, 5) is 0. The van der Waals surface area contributed by atoms with E-state index in [1.165, 1.54) is 7.11 Å². The van der Waals surface area contributed by atoms with Gasteiger partial charge in [-0.25, -0.2) is 0 Å². The van der Waals surface area contributed by atoms with Crippen molar-refractivity contribution in [3.05, 3.63) is 22.2 Å². The Morgan fingerprint density at radius 1 is 1.44 bits per heavy atom. The lowest BCUT2D eigenvalue weighted by atomic mass is 9.91. The van der Waals surface area contributed by atoms with Gasteiger partial charge in [-0.1, -0.05) is 36.2 Å². The van der Waals surface area contributed by atoms with Crippen molar-refractivity contribution in [2.24, 2.45) is 11.7 Å². The van der Waals surface area contributed by atoms with Crippen molar-refractivity contribution >= 4 is 15.9 Å². The number of rotatable bonds is 5. The van der Waals surface area contributed by atoms with Crippen molar-refractivity contribution in [3.8, 4) is 11.5 Å². The number of hydrogen-bond donors (Lipinski definition) is 3. The number of hydrogen-bond acceptors (Lipinski definition) is 4. The predicted octanol–water partition coefficient (Wildman–Crippen LogP) is 2.57. The second-order valence-corrected chi connectivity index (χ2v) is 5.36. The second kappa shape index (κ2) is 6.41. The molecule has 1 aromatic rings. The van der Waals surface area contributed by atoms with Crippen LogP contribution in [-0.4, -0.2) is 23.4 Å². The summed E-state index contributed by atoms with van der Waals surface area (Å²) < 4.78 is 5.82. The van der Waals surface area contributed by atoms with Crippen molar-refractivity contribution in [1.82, 2.24) is 0 Å². The van der Waals surface area contributed by atoms with Crippen molar-refractivity contribution < 1.29 is 14.9 Å². The van der Waals surface area contributed by atoms with Gasteiger partial charge in [0.25, 0.3) is 0 Å². The smallest absolute Gasteiger partial charge is 0.162 e. The van der Waals surface area contributed by atoms with Crippen LogP contribution in [0.15, 0.2) is 16.6 Å². The number of halogens is 1. The maximum absolute atomic E-state index is 10.1. The first-order valence-corrected chi connectivity index (χ1v) is 6.71. The van der Waals surface area contributed by atoms with Crippen molar-refractivity contribution in [3.63, 3.8) is 0 Å². The standard InChI is InChI=1S/C13H20BrNO3/c1-4-7(2)12(16)11(15)9-5-8(14)6-10(18-3)13(9)17/h5-7,11-12,16-17H,4,15H2,1-3H3/t7?,11-,12+/m1/s1. The molecule has 0 fully saturated rings. The third-order valence-corrected chi connectivity index (χ3v) is 3.70. The number of methoxy groups -OCH3 is 1. The van der Waals surface area contributed by atoms with Gasteiger partial charge in [-0.15, -0.1) is 0 Å². The molecule has 5 heteroatoms. The average Bonchev–Trinajstić information content (AvgIpc) is 2.38. The fourth-order valence-electron chi connectivity index (χ4n) is 1.78. The number of aliphatic hydroxyl groups is 1. The molecule has 3 atom stereocenters. The van der Waals surface area contributed by atoms with Crippen LogP contribution in [0.3, 0.4) is 0 Å². The summed E-state index contributed by atoms with van der Waals surface area (Å²) >= 11 is 3.33. The molecular weight excluding hydrogens is 298 g/mol. The summed E-state index contributed by atoms with van der Waals surface area (Å²) in [6, 6.07) is 2.71. The van der Waals surface area contributed by atoms with Crippen LogP contribution in [0.2, 0.25) is 0 Å². The van der Waals surface area contributed by atoms with Crippen LogP contribution in [-0.2, 0) is 0 Å². The zero-order valence-corrected chi connectivity index (χ0v) is 12.4. The van der Waals surface area contributed by atoms with E-state index in [0.717, 1.165) is 10.9 Å². The first kappa shape index (κ1) is 15.3. The van der Waals surface area contributed by atoms with Gasteiger partial charge >= 0.3 is 0 Å². The Kier molecular flexibility index (Phi) is 5.44. The number of ether oxygens (including phenoxy) is 1. The Labute approximate surface area is 116 Å². The van der Waals surface area contributed by atoms with E-state index in [2.05, 4.69) is 15.9 Å². The maximum Gasteiger partial charge on any atom is 0.162 e. The highest BCUT2D eigenvalue weighted by Crippen LogP contribution is 2.38.